The molecule has 0 radical (unpaired) electrons. The van der Waals surface area contributed by atoms with Gasteiger partial charge in [0.15, 0.2) is 23.2 Å². The number of hydrazone groups is 1. The number of amides is 1. The van der Waals surface area contributed by atoms with Crippen molar-refractivity contribution in [2.75, 3.05) is 27.4 Å². The Kier molecular flexibility index (Phi) is 10.4. The number of ether oxygens (including phenoxy) is 4. The number of carbonyl (C=O) groups excluding carboxylic acids is 2. The van der Waals surface area contributed by atoms with Gasteiger partial charge in [-0.3, -0.25) is 4.79 Å². The van der Waals surface area contributed by atoms with Crippen LogP contribution in [0.2, 0.25) is 0 Å². The fourth-order valence-electron chi connectivity index (χ4n) is 4.06. The first kappa shape index (κ1) is 29.2. The molecule has 0 saturated carbocycles. The topological polar surface area (TPSA) is 120 Å². The molecule has 206 valence electrons. The molecule has 39 heavy (non-hydrogen) atoms. The number of hydrogen-bond donors (Lipinski definition) is 3. The van der Waals surface area contributed by atoms with Crippen molar-refractivity contribution in [1.82, 2.24) is 16.1 Å². The summed E-state index contributed by atoms with van der Waals surface area (Å²) in [6.45, 7) is 7.17. The van der Waals surface area contributed by atoms with Crippen LogP contribution in [0.25, 0.3) is 0 Å². The summed E-state index contributed by atoms with van der Waals surface area (Å²) in [5.74, 6) is 0.616. The summed E-state index contributed by atoms with van der Waals surface area (Å²) in [5.41, 5.74) is 5.62. The maximum Gasteiger partial charge on any atom is 0.338 e. The van der Waals surface area contributed by atoms with Crippen LogP contribution in [0.1, 0.15) is 36.6 Å². The van der Waals surface area contributed by atoms with Crippen LogP contribution in [-0.4, -0.2) is 50.6 Å². The number of para-hydroxylation sites is 1. The van der Waals surface area contributed by atoms with Crippen LogP contribution in [0.4, 0.5) is 0 Å². The second kappa shape index (κ2) is 14.0. The summed E-state index contributed by atoms with van der Waals surface area (Å²) in [6.07, 6.45) is 3.83. The predicted octanol–water partition coefficient (Wildman–Crippen LogP) is 3.32. The number of esters is 1. The number of allylic oxidation sites excluding steroid dienone is 2. The summed E-state index contributed by atoms with van der Waals surface area (Å²) >= 11 is 5.30. The van der Waals surface area contributed by atoms with Crippen LogP contribution in [0.5, 0.6) is 17.2 Å². The number of nitrogens with one attached hydrogen (secondary N) is 3. The van der Waals surface area contributed by atoms with Crippen LogP contribution in [-0.2, 0) is 20.7 Å². The van der Waals surface area contributed by atoms with Crippen LogP contribution >= 0.6 is 12.2 Å². The molecular formula is C28H32N4O6S. The molecule has 3 N–H and O–H groups in total. The lowest BCUT2D eigenvalue weighted by molar-refractivity contribution is -0.139. The Labute approximate surface area is 233 Å². The number of benzene rings is 2. The number of methoxy groups -OCH3 is 2. The van der Waals surface area contributed by atoms with Crippen molar-refractivity contribution in [2.45, 2.75) is 26.3 Å². The third-order valence-electron chi connectivity index (χ3n) is 5.70. The molecule has 2 aromatic rings. The lowest BCUT2D eigenvalue weighted by atomic mass is 9.95. The molecule has 0 fully saturated rings. The zero-order valence-electron chi connectivity index (χ0n) is 22.3. The van der Waals surface area contributed by atoms with E-state index in [0.717, 1.165) is 5.56 Å². The fourth-order valence-corrected chi connectivity index (χ4v) is 4.33. The Balaban J connectivity index is 1.72. The highest BCUT2D eigenvalue weighted by atomic mass is 32.1. The van der Waals surface area contributed by atoms with E-state index in [-0.39, 0.29) is 13.2 Å². The largest absolute Gasteiger partial charge is 0.493 e. The zero-order valence-corrected chi connectivity index (χ0v) is 23.1. The fraction of sp³-hybridized carbons (Fsp3) is 0.286. The summed E-state index contributed by atoms with van der Waals surface area (Å²) in [5, 5.41) is 10.5. The van der Waals surface area contributed by atoms with E-state index in [1.54, 1.807) is 64.5 Å². The first-order valence-corrected chi connectivity index (χ1v) is 12.6. The van der Waals surface area contributed by atoms with Crippen LogP contribution in [0, 0.1) is 0 Å². The lowest BCUT2D eigenvalue weighted by Gasteiger charge is -2.30. The van der Waals surface area contributed by atoms with Gasteiger partial charge in [0, 0.05) is 16.8 Å². The second-order valence-electron chi connectivity index (χ2n) is 8.32. The molecule has 0 saturated heterocycles. The van der Waals surface area contributed by atoms with E-state index in [1.807, 2.05) is 6.07 Å². The Hall–Kier alpha value is -4.38. The second-order valence-corrected chi connectivity index (χ2v) is 8.73. The quantitative estimate of drug-likeness (QED) is 0.120. The summed E-state index contributed by atoms with van der Waals surface area (Å²) in [4.78, 5) is 25.2. The Bertz CT molecular complexity index is 1310. The standard InChI is InChI=1S/C28H32N4O6S/c1-6-10-19-13-18(14-22(35-4)26(19)36-5)15-29-32-23(33)16-38-21-12-9-8-11-20(21)25-24(27(34)37-7-2)17(3)30-28(39)31-25/h6,8-9,11-15,25H,1,7,10,16H2,2-5H3,(H,32,33)(H2,30,31,39)/t25-/m0/s1. The molecule has 0 bridgehead atoms. The van der Waals surface area contributed by atoms with Gasteiger partial charge in [-0.2, -0.15) is 5.10 Å². The van der Waals surface area contributed by atoms with E-state index in [9.17, 15) is 9.59 Å². The molecule has 0 aliphatic carbocycles. The van der Waals surface area contributed by atoms with Gasteiger partial charge >= 0.3 is 5.97 Å². The highest BCUT2D eigenvalue weighted by Crippen LogP contribution is 2.34. The van der Waals surface area contributed by atoms with E-state index in [2.05, 4.69) is 27.7 Å². The number of rotatable bonds is 12. The van der Waals surface area contributed by atoms with Gasteiger partial charge in [-0.25, -0.2) is 10.2 Å². The summed E-state index contributed by atoms with van der Waals surface area (Å²) < 4.78 is 21.9. The smallest absolute Gasteiger partial charge is 0.338 e. The van der Waals surface area contributed by atoms with Gasteiger partial charge in [-0.1, -0.05) is 24.3 Å². The average Bonchev–Trinajstić information content (AvgIpc) is 2.91. The molecule has 1 atom stereocenters. The SMILES string of the molecule is C=CCc1cc(C=NNC(=O)COc2ccccc2[C@@H]2NC(=S)NC(C)=C2C(=O)OCC)cc(OC)c1OC. The van der Waals surface area contributed by atoms with Crippen LogP contribution < -0.4 is 30.3 Å². The van der Waals surface area contributed by atoms with Crippen molar-refractivity contribution >= 4 is 35.4 Å². The van der Waals surface area contributed by atoms with Crippen molar-refractivity contribution in [3.05, 3.63) is 77.0 Å². The molecular weight excluding hydrogens is 520 g/mol. The Morgan fingerprint density at radius 2 is 1.95 bits per heavy atom. The highest BCUT2D eigenvalue weighted by Gasteiger charge is 2.32. The van der Waals surface area contributed by atoms with E-state index in [4.69, 9.17) is 31.2 Å². The van der Waals surface area contributed by atoms with E-state index in [0.29, 0.717) is 51.2 Å². The maximum atomic E-state index is 12.7. The number of carbonyl (C=O) groups is 2. The molecule has 0 aromatic heterocycles. The molecule has 10 nitrogen and oxygen atoms in total. The minimum atomic E-state index is -0.620. The first-order chi connectivity index (χ1) is 18.8. The molecule has 11 heteroatoms. The normalized spacial score (nSPS) is 14.8. The average molecular weight is 553 g/mol. The molecule has 0 spiro atoms. The molecule has 0 unspecified atom stereocenters. The summed E-state index contributed by atoms with van der Waals surface area (Å²) in [6, 6.07) is 10.1. The third-order valence-corrected chi connectivity index (χ3v) is 5.92. The van der Waals surface area contributed by atoms with Crippen molar-refractivity contribution in [3.63, 3.8) is 0 Å². The molecule has 3 rings (SSSR count). The minimum Gasteiger partial charge on any atom is -0.493 e. The van der Waals surface area contributed by atoms with Gasteiger partial charge < -0.3 is 29.6 Å². The maximum absolute atomic E-state index is 12.7. The lowest BCUT2D eigenvalue weighted by Crippen LogP contribution is -2.45. The van der Waals surface area contributed by atoms with E-state index >= 15 is 0 Å². The van der Waals surface area contributed by atoms with Crippen LogP contribution in [0.3, 0.4) is 0 Å². The van der Waals surface area contributed by atoms with Crippen molar-refractivity contribution < 1.29 is 28.5 Å². The van der Waals surface area contributed by atoms with Crippen molar-refractivity contribution in [2.24, 2.45) is 5.10 Å². The Morgan fingerprint density at radius 1 is 1.18 bits per heavy atom. The van der Waals surface area contributed by atoms with Gasteiger partial charge in [0.2, 0.25) is 0 Å². The minimum absolute atomic E-state index is 0.227. The molecule has 1 amide bonds. The molecule has 1 aliphatic rings. The predicted molar refractivity (Wildman–Crippen MR) is 152 cm³/mol. The number of hydrogen-bond acceptors (Lipinski definition) is 8. The Morgan fingerprint density at radius 3 is 2.64 bits per heavy atom. The zero-order chi connectivity index (χ0) is 28.4. The first-order valence-electron chi connectivity index (χ1n) is 12.2. The highest BCUT2D eigenvalue weighted by molar-refractivity contribution is 7.80. The molecule has 1 aliphatic heterocycles. The van der Waals surface area contributed by atoms with Crippen molar-refractivity contribution in [1.29, 1.82) is 0 Å². The third kappa shape index (κ3) is 7.35. The van der Waals surface area contributed by atoms with Crippen molar-refractivity contribution in [3.8, 4) is 17.2 Å². The number of nitrogens with zero attached hydrogens (tertiary/aromatic N) is 1. The molecule has 2 aromatic carbocycles. The van der Waals surface area contributed by atoms with E-state index < -0.39 is 17.9 Å². The van der Waals surface area contributed by atoms with Gasteiger partial charge in [-0.15, -0.1) is 6.58 Å². The van der Waals surface area contributed by atoms with Gasteiger partial charge in [-0.05, 0) is 56.2 Å². The van der Waals surface area contributed by atoms with Gasteiger partial charge in [0.1, 0.15) is 5.75 Å². The number of thiocarbonyl (C=S) groups is 1. The monoisotopic (exact) mass is 552 g/mol. The summed E-state index contributed by atoms with van der Waals surface area (Å²) in [7, 11) is 3.12. The van der Waals surface area contributed by atoms with Gasteiger partial charge in [0.05, 0.1) is 38.7 Å². The van der Waals surface area contributed by atoms with E-state index in [1.165, 1.54) is 6.21 Å². The van der Waals surface area contributed by atoms with Crippen LogP contribution in [0.15, 0.2) is 65.4 Å². The van der Waals surface area contributed by atoms with Gasteiger partial charge in [0.25, 0.3) is 5.91 Å². The molecule has 1 heterocycles.